The number of aryl methyl sites for hydroxylation is 1. The first-order valence-electron chi connectivity index (χ1n) is 15.1. The van der Waals surface area contributed by atoms with Crippen molar-refractivity contribution in [1.29, 1.82) is 0 Å². The molecule has 0 aromatic heterocycles. The first kappa shape index (κ1) is 34.8. The molecule has 2 aliphatic carbocycles. The van der Waals surface area contributed by atoms with Gasteiger partial charge in [-0.3, -0.25) is 23.5 Å². The van der Waals surface area contributed by atoms with Gasteiger partial charge in [-0.05, 0) is 79.0 Å². The molecular weight excluding hydrogens is 624 g/mol. The van der Waals surface area contributed by atoms with Gasteiger partial charge in [0.15, 0.2) is 0 Å². The summed E-state index contributed by atoms with van der Waals surface area (Å²) in [6.07, 6.45) is 8.32. The molecule has 13 nitrogen and oxygen atoms in total. The van der Waals surface area contributed by atoms with E-state index in [0.29, 0.717) is 31.1 Å². The summed E-state index contributed by atoms with van der Waals surface area (Å²) in [5.74, 6) is -0.926. The molecule has 1 saturated carbocycles. The van der Waals surface area contributed by atoms with Crippen LogP contribution in [0.1, 0.15) is 91.4 Å². The molecule has 2 aromatic rings. The van der Waals surface area contributed by atoms with Crippen molar-refractivity contribution in [2.24, 2.45) is 11.7 Å². The largest absolute Gasteiger partial charge is 0.492 e. The van der Waals surface area contributed by atoms with Gasteiger partial charge in [0.05, 0.1) is 28.8 Å². The third-order valence-corrected chi connectivity index (χ3v) is 10.6. The smallest absolute Gasteiger partial charge is 0.357 e. The number of hydrogen-bond acceptors (Lipinski definition) is 6. The summed E-state index contributed by atoms with van der Waals surface area (Å²) in [7, 11) is -10.1. The van der Waals surface area contributed by atoms with Gasteiger partial charge in [-0.15, -0.1) is 0 Å². The van der Waals surface area contributed by atoms with Gasteiger partial charge in [-0.2, -0.15) is 0 Å². The quantitative estimate of drug-likeness (QED) is 0.136. The molecule has 0 aliphatic heterocycles. The molecule has 246 valence electrons. The van der Waals surface area contributed by atoms with Gasteiger partial charge in [-0.1, -0.05) is 31.7 Å². The van der Waals surface area contributed by atoms with Crippen LogP contribution in [0.25, 0.3) is 0 Å². The first-order valence-corrected chi connectivity index (χ1v) is 18.3. The zero-order chi connectivity index (χ0) is 32.9. The number of amides is 3. The van der Waals surface area contributed by atoms with Crippen LogP contribution in [-0.4, -0.2) is 49.9 Å². The van der Waals surface area contributed by atoms with Crippen LogP contribution in [0, 0.1) is 5.92 Å². The third-order valence-electron chi connectivity index (χ3n) is 8.39. The van der Waals surface area contributed by atoms with E-state index in [-0.39, 0.29) is 17.5 Å². The number of benzene rings is 2. The van der Waals surface area contributed by atoms with E-state index in [1.165, 1.54) is 19.4 Å². The van der Waals surface area contributed by atoms with Crippen LogP contribution in [0.4, 0.5) is 0 Å². The van der Waals surface area contributed by atoms with Gasteiger partial charge in [0.1, 0.15) is 11.8 Å². The highest BCUT2D eigenvalue weighted by atomic mass is 31.2. The Morgan fingerprint density at radius 3 is 2.22 bits per heavy atom. The normalized spacial score (nSPS) is 18.3. The molecule has 4 rings (SSSR count). The number of carbonyl (C=O) groups is 3. The standard InChI is InChI=1S/C30H41N3O10P2/c1-18(34)32-25(13-20-11-12-27(44(37,38)39)28(14-20)45(40,41)42)30(36)33-24-10-6-5-9-21-15-26(23(29(31)35)16-22(21)24)43-17-19-7-3-2-4-8-19/h11-12,14-16,19,24-25H,2-10,13,17H2,1H3,(H2,31,35)(H,32,34)(H,33,36)(H2,37,38,39)(H2,40,41,42). The van der Waals surface area contributed by atoms with E-state index in [1.54, 1.807) is 6.07 Å². The number of fused-ring (bicyclic) bond motifs is 1. The van der Waals surface area contributed by atoms with Gasteiger partial charge in [0.25, 0.3) is 5.91 Å². The molecule has 1 fully saturated rings. The number of carbonyl (C=O) groups excluding carboxylic acids is 3. The molecule has 0 spiro atoms. The van der Waals surface area contributed by atoms with Crippen molar-refractivity contribution >= 4 is 43.5 Å². The average molecular weight is 666 g/mol. The van der Waals surface area contributed by atoms with Gasteiger partial charge < -0.3 is 40.7 Å². The molecule has 0 bridgehead atoms. The fourth-order valence-corrected chi connectivity index (χ4v) is 8.28. The Labute approximate surface area is 261 Å². The third kappa shape index (κ3) is 9.25. The Balaban J connectivity index is 1.60. The summed E-state index contributed by atoms with van der Waals surface area (Å²) in [5.41, 5.74) is 7.77. The van der Waals surface area contributed by atoms with Crippen molar-refractivity contribution in [3.63, 3.8) is 0 Å². The second-order valence-electron chi connectivity index (χ2n) is 11.9. The van der Waals surface area contributed by atoms with Crippen LogP contribution in [0.5, 0.6) is 5.75 Å². The highest BCUT2D eigenvalue weighted by Gasteiger charge is 2.32. The lowest BCUT2D eigenvalue weighted by Gasteiger charge is -2.26. The fraction of sp³-hybridized carbons (Fsp3) is 0.500. The molecule has 0 heterocycles. The van der Waals surface area contributed by atoms with Crippen LogP contribution in [0.2, 0.25) is 0 Å². The predicted octanol–water partition coefficient (Wildman–Crippen LogP) is 1.98. The topological polar surface area (TPSA) is 226 Å². The number of nitrogens with two attached hydrogens (primary N) is 1. The van der Waals surface area contributed by atoms with Crippen molar-refractivity contribution in [3.05, 3.63) is 52.6 Å². The van der Waals surface area contributed by atoms with E-state index in [1.807, 2.05) is 6.07 Å². The van der Waals surface area contributed by atoms with E-state index in [9.17, 15) is 43.1 Å². The molecular formula is C30H41N3O10P2. The monoisotopic (exact) mass is 665 g/mol. The molecule has 8 N–H and O–H groups in total. The Hall–Kier alpha value is -3.05. The maximum atomic E-state index is 13.6. The van der Waals surface area contributed by atoms with E-state index in [2.05, 4.69) is 10.6 Å². The molecule has 3 amide bonds. The lowest BCUT2D eigenvalue weighted by atomic mass is 9.90. The van der Waals surface area contributed by atoms with E-state index in [4.69, 9.17) is 10.5 Å². The fourth-order valence-electron chi connectivity index (χ4n) is 6.16. The summed E-state index contributed by atoms with van der Waals surface area (Å²) in [4.78, 5) is 76.8. The van der Waals surface area contributed by atoms with E-state index < -0.39 is 55.6 Å². The molecule has 2 atom stereocenters. The Morgan fingerprint density at radius 2 is 1.60 bits per heavy atom. The Bertz CT molecular complexity index is 1530. The number of ether oxygens (including phenoxy) is 1. The zero-order valence-electron chi connectivity index (χ0n) is 25.1. The second-order valence-corrected chi connectivity index (χ2v) is 15.0. The summed E-state index contributed by atoms with van der Waals surface area (Å²) in [6, 6.07) is 4.88. The van der Waals surface area contributed by atoms with Crippen LogP contribution in [0.15, 0.2) is 30.3 Å². The minimum Gasteiger partial charge on any atom is -0.492 e. The summed E-state index contributed by atoms with van der Waals surface area (Å²) >= 11 is 0. The molecule has 2 aliphatic rings. The summed E-state index contributed by atoms with van der Waals surface area (Å²) < 4.78 is 30.0. The minimum atomic E-state index is -5.10. The zero-order valence-corrected chi connectivity index (χ0v) is 26.9. The van der Waals surface area contributed by atoms with Crippen molar-refractivity contribution in [2.75, 3.05) is 6.61 Å². The van der Waals surface area contributed by atoms with Gasteiger partial charge in [0.2, 0.25) is 11.8 Å². The summed E-state index contributed by atoms with van der Waals surface area (Å²) in [5, 5.41) is 3.85. The number of nitrogens with one attached hydrogen (secondary N) is 2. The summed E-state index contributed by atoms with van der Waals surface area (Å²) in [6.45, 7) is 1.71. The maximum Gasteiger partial charge on any atom is 0.357 e. The van der Waals surface area contributed by atoms with Crippen molar-refractivity contribution < 1.29 is 47.8 Å². The molecule has 2 aromatic carbocycles. The van der Waals surface area contributed by atoms with Crippen LogP contribution in [0.3, 0.4) is 0 Å². The molecule has 0 saturated heterocycles. The highest BCUT2D eigenvalue weighted by Crippen LogP contribution is 2.40. The van der Waals surface area contributed by atoms with E-state index >= 15 is 0 Å². The second kappa shape index (κ2) is 14.6. The van der Waals surface area contributed by atoms with Gasteiger partial charge in [-0.25, -0.2) is 0 Å². The van der Waals surface area contributed by atoms with Gasteiger partial charge in [0, 0.05) is 13.3 Å². The first-order chi connectivity index (χ1) is 21.1. The molecule has 0 radical (unpaired) electrons. The van der Waals surface area contributed by atoms with Crippen molar-refractivity contribution in [1.82, 2.24) is 10.6 Å². The number of rotatable bonds is 11. The Morgan fingerprint density at radius 1 is 0.933 bits per heavy atom. The van der Waals surface area contributed by atoms with E-state index in [0.717, 1.165) is 61.8 Å². The molecule has 15 heteroatoms. The van der Waals surface area contributed by atoms with Crippen LogP contribution in [-0.2, 0) is 31.6 Å². The predicted molar refractivity (Wildman–Crippen MR) is 167 cm³/mol. The van der Waals surface area contributed by atoms with Crippen molar-refractivity contribution in [2.45, 2.75) is 83.2 Å². The Kier molecular flexibility index (Phi) is 11.3. The molecule has 2 unspecified atom stereocenters. The van der Waals surface area contributed by atoms with Crippen LogP contribution < -0.4 is 31.7 Å². The lowest BCUT2D eigenvalue weighted by Crippen LogP contribution is -2.48. The lowest BCUT2D eigenvalue weighted by molar-refractivity contribution is -0.128. The maximum absolute atomic E-state index is 13.6. The number of primary amides is 1. The minimum absolute atomic E-state index is 0.163. The van der Waals surface area contributed by atoms with Crippen LogP contribution >= 0.6 is 15.2 Å². The van der Waals surface area contributed by atoms with Crippen molar-refractivity contribution in [3.8, 4) is 5.75 Å². The highest BCUT2D eigenvalue weighted by molar-refractivity contribution is 7.67. The number of hydrogen-bond donors (Lipinski definition) is 7. The van der Waals surface area contributed by atoms with Gasteiger partial charge >= 0.3 is 15.2 Å². The average Bonchev–Trinajstić information content (AvgIpc) is 3.15. The molecule has 45 heavy (non-hydrogen) atoms. The SMILES string of the molecule is CC(=O)NC(Cc1ccc(P(=O)(O)O)c(P(=O)(O)O)c1)C(=O)NC1CCCCc2cc(OCC3CCCCC3)c(C(N)=O)cc21.